The molecule has 0 aromatic rings. The summed E-state index contributed by atoms with van der Waals surface area (Å²) in [5, 5.41) is 0. The third kappa shape index (κ3) is 0.115. The van der Waals surface area contributed by atoms with Crippen LogP contribution in [0.4, 0.5) is 0 Å². The zero-order chi connectivity index (χ0) is 17.8. The number of rotatable bonds is 8. The Kier molecular flexibility index (Phi) is 0.343. The SMILES string of the molecule is CCCCCCCC([C]12[CH]3[CH]4[CH]5[CH]1[Fe]45321678[CH]2[CH]1[CH]6[CH]7[CH]28)[C]12[CH]3[CH]4[CH]5[CH]1[Fe]45321678[CH]2[CH]1[CH]6[CH]7[CH]28. The fourth-order valence-electron chi connectivity index (χ4n) is 36.4. The second-order valence-electron chi connectivity index (χ2n) is 22.2. The van der Waals surface area contributed by atoms with Crippen molar-refractivity contribution in [1.82, 2.24) is 0 Å². The molecule has 0 nitrogen and oxygen atoms in total. The van der Waals surface area contributed by atoms with Crippen molar-refractivity contribution in [1.29, 1.82) is 0 Å². The van der Waals surface area contributed by atoms with E-state index in [0.717, 1.165) is 0 Å². The molecule has 8 unspecified atom stereocenters. The summed E-state index contributed by atoms with van der Waals surface area (Å²) >= 11 is 0. The minimum atomic E-state index is -2.95. The summed E-state index contributed by atoms with van der Waals surface area (Å²) in [5.74, 6) is 1.51. The van der Waals surface area contributed by atoms with E-state index in [0.29, 0.717) is 0 Å². The zero-order valence-corrected chi connectivity index (χ0v) is 20.1. The summed E-state index contributed by atoms with van der Waals surface area (Å²) in [7, 11) is 0. The van der Waals surface area contributed by atoms with Gasteiger partial charge in [0.2, 0.25) is 0 Å². The average Bonchev–Trinajstić information content (AvgIpc) is 3.64. The fourth-order valence-corrected chi connectivity index (χ4v) is 187. The van der Waals surface area contributed by atoms with Gasteiger partial charge in [-0.15, -0.1) is 0 Å². The molecule has 20 aliphatic rings. The molecule has 2 heteroatoms. The van der Waals surface area contributed by atoms with E-state index in [1.165, 1.54) is 27.4 Å². The molecule has 0 bridgehead atoms. The minimum absolute atomic E-state index is 1.31. The van der Waals surface area contributed by atoms with Crippen molar-refractivity contribution >= 4 is 0 Å². The van der Waals surface area contributed by atoms with E-state index in [4.69, 9.17) is 0 Å². The molecule has 0 radical (unpaired) electrons. The Morgan fingerprint density at radius 3 is 1.13 bits per heavy atom. The van der Waals surface area contributed by atoms with Crippen LogP contribution in [0.1, 0.15) is 45.4 Å². The van der Waals surface area contributed by atoms with Gasteiger partial charge in [-0.3, -0.25) is 0 Å². The van der Waals surface area contributed by atoms with E-state index in [-0.39, 0.29) is 0 Å². The van der Waals surface area contributed by atoms with Gasteiger partial charge in [-0.2, -0.15) is 0 Å². The predicted molar refractivity (Wildman–Crippen MR) is 110 cm³/mol. The van der Waals surface area contributed by atoms with Gasteiger partial charge in [-0.05, 0) is 0 Å². The Labute approximate surface area is 159 Å². The summed E-state index contributed by atoms with van der Waals surface area (Å²) in [6.07, 6.45) is 9.81. The molecule has 30 heavy (non-hydrogen) atoms. The van der Waals surface area contributed by atoms with Crippen LogP contribution >= 0.6 is 0 Å². The van der Waals surface area contributed by atoms with E-state index in [9.17, 15) is 0 Å². The molecule has 20 heterocycles. The third-order valence-electron chi connectivity index (χ3n) is 32.2. The monoisotopic (exact) mass is 482 g/mol. The van der Waals surface area contributed by atoms with E-state index in [2.05, 4.69) is 6.92 Å². The maximum absolute atomic E-state index is 2.95. The first-order valence-corrected chi connectivity index (χ1v) is 27.3. The second-order valence-corrected chi connectivity index (χ2v) is 69.4. The van der Waals surface area contributed by atoms with Crippen LogP contribution in [0, 0.1) is 5.92 Å². The molecule has 20 fully saturated rings. The van der Waals surface area contributed by atoms with Gasteiger partial charge in [0.05, 0.1) is 0 Å². The number of unbranched alkanes of at least 4 members (excludes halogenated alkanes) is 4. The molecular weight excluding hydrogens is 448 g/mol. The number of hydrogen-bond acceptors (Lipinski definition) is 0. The van der Waals surface area contributed by atoms with Crippen LogP contribution in [0.2, 0.25) is 95.3 Å². The van der Waals surface area contributed by atoms with Crippen molar-refractivity contribution in [3.63, 3.8) is 0 Å². The summed E-state index contributed by atoms with van der Waals surface area (Å²) < 4.78 is 2.61. The van der Waals surface area contributed by atoms with Gasteiger partial charge in [0.15, 0.2) is 0 Å². The van der Waals surface area contributed by atoms with Gasteiger partial charge in [0, 0.05) is 0 Å². The van der Waals surface area contributed by atoms with E-state index >= 15 is 0 Å². The second kappa shape index (κ2) is 0.919. The number of hydrogen-bond donors (Lipinski definition) is 0. The molecule has 0 amide bonds. The van der Waals surface area contributed by atoms with Gasteiger partial charge in [0.1, 0.15) is 0 Å². The average molecular weight is 482 g/mol. The molecule has 20 aliphatic heterocycles. The Balaban J connectivity index is 0.971. The topological polar surface area (TPSA) is 0 Å². The summed E-state index contributed by atoms with van der Waals surface area (Å²) in [4.78, 5) is 29.0. The molecule has 0 N–H and O–H groups in total. The summed E-state index contributed by atoms with van der Waals surface area (Å²) in [5.41, 5.74) is 0. The van der Waals surface area contributed by atoms with Crippen LogP contribution in [0.25, 0.3) is 0 Å². The van der Waals surface area contributed by atoms with Crippen molar-refractivity contribution < 1.29 is 13.0 Å². The molecule has 0 saturated carbocycles. The Hall–Kier alpha value is 1.04. The van der Waals surface area contributed by atoms with Gasteiger partial charge < -0.3 is 0 Å². The molecule has 8 atom stereocenters. The van der Waals surface area contributed by atoms with E-state index in [1.54, 1.807) is 106 Å². The van der Waals surface area contributed by atoms with Crippen LogP contribution in [0.5, 0.6) is 0 Å². The van der Waals surface area contributed by atoms with E-state index in [1.807, 2.05) is 6.42 Å². The van der Waals surface area contributed by atoms with Crippen molar-refractivity contribution in [2.45, 2.75) is 141 Å². The molecule has 0 aromatic carbocycles. The van der Waals surface area contributed by atoms with Gasteiger partial charge >= 0.3 is 160 Å². The molecular formula is C28H34Fe2. The van der Waals surface area contributed by atoms with Crippen LogP contribution in [0.3, 0.4) is 0 Å². The molecule has 2 spiro atoms. The first-order valence-electron chi connectivity index (χ1n) is 14.7. The first-order chi connectivity index (χ1) is 14.3. The Morgan fingerprint density at radius 2 is 0.867 bits per heavy atom. The van der Waals surface area contributed by atoms with E-state index < -0.39 is 13.0 Å². The predicted octanol–water partition coefficient (Wildman–Crippen LogP) is 9.48. The molecule has 20 rings (SSSR count). The quantitative estimate of drug-likeness (QED) is 0.239. The van der Waals surface area contributed by atoms with Crippen molar-refractivity contribution in [3.05, 3.63) is 0 Å². The van der Waals surface area contributed by atoms with Crippen molar-refractivity contribution in [3.8, 4) is 0 Å². The third-order valence-corrected chi connectivity index (χ3v) is 118. The standard InChI is InChI=1S/C18H24.2C5H5.2Fe/c1-2-3-4-5-6-15-18(16-11-7-8-12-16)17-13-9-10-14-17;2*1-2-4-5-3-1;;/h7-14,18H,2-6,15H2,1H3;2*1-5H;;. The Bertz CT molecular complexity index is 1810. The molecule has 162 valence electrons. The van der Waals surface area contributed by atoms with Gasteiger partial charge in [0.25, 0.3) is 0 Å². The number of fused-ring (bicyclic) bond motifs is 20. The van der Waals surface area contributed by atoms with Crippen LogP contribution in [-0.2, 0) is 13.0 Å². The molecule has 0 aromatic heterocycles. The maximum atomic E-state index is 2.42. The normalized spacial score (nSPS) is 135. The van der Waals surface area contributed by atoms with Crippen molar-refractivity contribution in [2.75, 3.05) is 0 Å². The van der Waals surface area contributed by atoms with Crippen LogP contribution < -0.4 is 0 Å². The van der Waals surface area contributed by atoms with Crippen LogP contribution in [-0.4, -0.2) is 0 Å². The first kappa shape index (κ1) is 11.2. The molecule has 20 saturated heterocycles. The van der Waals surface area contributed by atoms with Gasteiger partial charge in [-0.25, -0.2) is 0 Å². The van der Waals surface area contributed by atoms with Crippen LogP contribution in [0.15, 0.2) is 0 Å². The fraction of sp³-hybridized carbons (Fsp3) is 1.00. The Morgan fingerprint density at radius 1 is 0.500 bits per heavy atom. The summed E-state index contributed by atoms with van der Waals surface area (Å²) in [6.45, 7) is -3.48. The summed E-state index contributed by atoms with van der Waals surface area (Å²) in [6, 6.07) is 0. The van der Waals surface area contributed by atoms with Gasteiger partial charge in [-0.1, -0.05) is 0 Å². The molecule has 0 aliphatic carbocycles. The van der Waals surface area contributed by atoms with Crippen molar-refractivity contribution in [2.24, 2.45) is 5.92 Å². The zero-order valence-electron chi connectivity index (χ0n) is 17.9.